The Morgan fingerprint density at radius 1 is 1.09 bits per heavy atom. The van der Waals surface area contributed by atoms with Crippen LogP contribution in [0.25, 0.3) is 0 Å². The van der Waals surface area contributed by atoms with E-state index in [2.05, 4.69) is 24.7 Å². The predicted molar refractivity (Wildman–Crippen MR) is 50.4 cm³/mol. The van der Waals surface area contributed by atoms with Gasteiger partial charge in [0.15, 0.2) is 0 Å². The lowest BCUT2D eigenvalue weighted by molar-refractivity contribution is 0.399. The maximum Gasteiger partial charge on any atom is 0.0212 e. The van der Waals surface area contributed by atoms with Gasteiger partial charge in [0.05, 0.1) is 0 Å². The van der Waals surface area contributed by atoms with Crippen LogP contribution in [0.1, 0.15) is 46.0 Å². The molecule has 2 nitrogen and oxygen atoms in total. The molecule has 0 aliphatic heterocycles. The second kappa shape index (κ2) is 8.02. The van der Waals surface area contributed by atoms with E-state index in [1.165, 1.54) is 32.1 Å². The van der Waals surface area contributed by atoms with Gasteiger partial charge in [-0.05, 0) is 19.9 Å². The fourth-order valence-corrected chi connectivity index (χ4v) is 1.29. The molecule has 0 fully saturated rings. The van der Waals surface area contributed by atoms with E-state index in [1.54, 1.807) is 0 Å². The molecular weight excluding hydrogens is 136 g/mol. The summed E-state index contributed by atoms with van der Waals surface area (Å²) in [5.41, 5.74) is 6.28. The minimum atomic E-state index is 0.671. The van der Waals surface area contributed by atoms with Crippen LogP contribution >= 0.6 is 0 Å². The van der Waals surface area contributed by atoms with Crippen LogP contribution in [0.3, 0.4) is 0 Å². The van der Waals surface area contributed by atoms with Crippen molar-refractivity contribution in [2.45, 2.75) is 52.0 Å². The molecule has 11 heavy (non-hydrogen) atoms. The molecule has 0 aromatic rings. The molecule has 0 amide bonds. The first-order valence-electron chi connectivity index (χ1n) is 4.77. The second-order valence-electron chi connectivity index (χ2n) is 3.02. The lowest BCUT2D eigenvalue weighted by Crippen LogP contribution is -2.38. The summed E-state index contributed by atoms with van der Waals surface area (Å²) >= 11 is 0. The van der Waals surface area contributed by atoms with Crippen molar-refractivity contribution in [3.63, 3.8) is 0 Å². The average Bonchev–Trinajstić information content (AvgIpc) is 2.01. The second-order valence-corrected chi connectivity index (χ2v) is 3.02. The topological polar surface area (TPSA) is 24.1 Å². The zero-order valence-corrected chi connectivity index (χ0v) is 8.11. The highest BCUT2D eigenvalue weighted by Crippen LogP contribution is 2.05. The molecule has 0 saturated heterocycles. The van der Waals surface area contributed by atoms with Gasteiger partial charge in [0.1, 0.15) is 0 Å². The van der Waals surface area contributed by atoms with E-state index in [0.29, 0.717) is 6.04 Å². The highest BCUT2D eigenvalue weighted by atomic mass is 15.3. The first-order chi connectivity index (χ1) is 5.35. The molecule has 0 rings (SSSR count). The maximum atomic E-state index is 3.27. The monoisotopic (exact) mass is 158 g/mol. The SMILES string of the molecule is CCCCC(CCC)NNC. The van der Waals surface area contributed by atoms with E-state index in [1.807, 2.05) is 7.05 Å². The van der Waals surface area contributed by atoms with Crippen molar-refractivity contribution < 1.29 is 0 Å². The highest BCUT2D eigenvalue weighted by Gasteiger charge is 2.03. The van der Waals surface area contributed by atoms with Gasteiger partial charge in [0.25, 0.3) is 0 Å². The molecule has 1 unspecified atom stereocenters. The smallest absolute Gasteiger partial charge is 0.0212 e. The lowest BCUT2D eigenvalue weighted by atomic mass is 10.1. The van der Waals surface area contributed by atoms with Crippen molar-refractivity contribution in [1.29, 1.82) is 0 Å². The summed E-state index contributed by atoms with van der Waals surface area (Å²) in [6.07, 6.45) is 6.47. The summed E-state index contributed by atoms with van der Waals surface area (Å²) < 4.78 is 0. The molecule has 2 N–H and O–H groups in total. The molecule has 0 spiro atoms. The average molecular weight is 158 g/mol. The summed E-state index contributed by atoms with van der Waals surface area (Å²) in [4.78, 5) is 0. The number of unbranched alkanes of at least 4 members (excludes halogenated alkanes) is 1. The first-order valence-corrected chi connectivity index (χ1v) is 4.77. The van der Waals surface area contributed by atoms with Crippen molar-refractivity contribution in [1.82, 2.24) is 10.9 Å². The Labute approximate surface area is 70.7 Å². The fourth-order valence-electron chi connectivity index (χ4n) is 1.29. The summed E-state index contributed by atoms with van der Waals surface area (Å²) in [7, 11) is 1.94. The van der Waals surface area contributed by atoms with E-state index < -0.39 is 0 Å². The predicted octanol–water partition coefficient (Wildman–Crippen LogP) is 2.07. The third-order valence-corrected chi connectivity index (χ3v) is 1.89. The van der Waals surface area contributed by atoms with Crippen LogP contribution < -0.4 is 10.9 Å². The molecule has 0 aromatic heterocycles. The lowest BCUT2D eigenvalue weighted by Gasteiger charge is -2.16. The molecule has 1 atom stereocenters. The van der Waals surface area contributed by atoms with Crippen LogP contribution in [0, 0.1) is 0 Å². The molecule has 0 radical (unpaired) electrons. The number of hydrogen-bond donors (Lipinski definition) is 2. The Morgan fingerprint density at radius 2 is 1.82 bits per heavy atom. The van der Waals surface area contributed by atoms with Gasteiger partial charge in [0, 0.05) is 6.04 Å². The van der Waals surface area contributed by atoms with Crippen molar-refractivity contribution in [2.75, 3.05) is 7.05 Å². The third-order valence-electron chi connectivity index (χ3n) is 1.89. The molecule has 0 heterocycles. The molecule has 0 aromatic carbocycles. The van der Waals surface area contributed by atoms with E-state index in [9.17, 15) is 0 Å². The zero-order chi connectivity index (χ0) is 8.53. The minimum absolute atomic E-state index is 0.671. The van der Waals surface area contributed by atoms with Crippen LogP contribution in [0.2, 0.25) is 0 Å². The molecule has 0 saturated carbocycles. The highest BCUT2D eigenvalue weighted by molar-refractivity contribution is 4.62. The Hall–Kier alpha value is -0.0800. The number of hydrogen-bond acceptors (Lipinski definition) is 2. The molecular formula is C9H22N2. The van der Waals surface area contributed by atoms with Crippen LogP contribution in [-0.2, 0) is 0 Å². The van der Waals surface area contributed by atoms with E-state index >= 15 is 0 Å². The summed E-state index contributed by atoms with van der Waals surface area (Å²) in [6.45, 7) is 4.47. The number of nitrogens with one attached hydrogen (secondary N) is 2. The Bertz CT molecular complexity index is 68.0. The first kappa shape index (κ1) is 10.9. The van der Waals surface area contributed by atoms with Gasteiger partial charge in [-0.2, -0.15) is 0 Å². The van der Waals surface area contributed by atoms with Crippen LogP contribution in [0.4, 0.5) is 0 Å². The van der Waals surface area contributed by atoms with Crippen molar-refractivity contribution in [2.24, 2.45) is 0 Å². The maximum absolute atomic E-state index is 3.27. The van der Waals surface area contributed by atoms with Crippen molar-refractivity contribution in [3.05, 3.63) is 0 Å². The Balaban J connectivity index is 3.34. The zero-order valence-electron chi connectivity index (χ0n) is 8.11. The summed E-state index contributed by atoms with van der Waals surface area (Å²) in [5, 5.41) is 0. The van der Waals surface area contributed by atoms with Crippen molar-refractivity contribution in [3.8, 4) is 0 Å². The molecule has 2 heteroatoms. The number of hydrazine groups is 1. The minimum Gasteiger partial charge on any atom is -0.261 e. The van der Waals surface area contributed by atoms with Crippen LogP contribution in [-0.4, -0.2) is 13.1 Å². The largest absolute Gasteiger partial charge is 0.261 e. The molecule has 0 aliphatic rings. The summed E-state index contributed by atoms with van der Waals surface area (Å²) in [5.74, 6) is 0. The summed E-state index contributed by atoms with van der Waals surface area (Å²) in [6, 6.07) is 0.671. The molecule has 0 aliphatic carbocycles. The van der Waals surface area contributed by atoms with Gasteiger partial charge in [-0.15, -0.1) is 0 Å². The Morgan fingerprint density at radius 3 is 2.27 bits per heavy atom. The van der Waals surface area contributed by atoms with E-state index in [4.69, 9.17) is 0 Å². The van der Waals surface area contributed by atoms with Crippen LogP contribution in [0.5, 0.6) is 0 Å². The Kier molecular flexibility index (Phi) is 7.96. The quantitative estimate of drug-likeness (QED) is 0.554. The number of rotatable bonds is 7. The van der Waals surface area contributed by atoms with Gasteiger partial charge in [-0.1, -0.05) is 33.1 Å². The van der Waals surface area contributed by atoms with Gasteiger partial charge in [-0.25, -0.2) is 0 Å². The van der Waals surface area contributed by atoms with E-state index in [0.717, 1.165) is 0 Å². The fraction of sp³-hybridized carbons (Fsp3) is 1.00. The van der Waals surface area contributed by atoms with Crippen LogP contribution in [0.15, 0.2) is 0 Å². The standard InChI is InChI=1S/C9H22N2/c1-4-6-8-9(7-5-2)11-10-3/h9-11H,4-8H2,1-3H3. The van der Waals surface area contributed by atoms with Gasteiger partial charge >= 0.3 is 0 Å². The van der Waals surface area contributed by atoms with Gasteiger partial charge in [0.2, 0.25) is 0 Å². The molecule has 0 bridgehead atoms. The molecule has 68 valence electrons. The van der Waals surface area contributed by atoms with Crippen molar-refractivity contribution >= 4 is 0 Å². The third kappa shape index (κ3) is 6.32. The van der Waals surface area contributed by atoms with E-state index in [-0.39, 0.29) is 0 Å². The normalized spacial score (nSPS) is 13.4. The van der Waals surface area contributed by atoms with Gasteiger partial charge in [-0.3, -0.25) is 10.9 Å². The van der Waals surface area contributed by atoms with Gasteiger partial charge < -0.3 is 0 Å².